The Bertz CT molecular complexity index is 2640. The summed E-state index contributed by atoms with van der Waals surface area (Å²) in [5.74, 6) is -3.33. The van der Waals surface area contributed by atoms with Crippen LogP contribution in [-0.4, -0.2) is 97.5 Å². The Balaban J connectivity index is 0.000000320. The summed E-state index contributed by atoms with van der Waals surface area (Å²) in [5.41, 5.74) is -6.39. The number of hydrogen-bond acceptors (Lipinski definition) is 14. The average Bonchev–Trinajstić information content (AvgIpc) is 3.15. The molecule has 2 N–H and O–H groups in total. The normalized spacial score (nSPS) is 11.7. The smallest absolute Gasteiger partial charge is 0.431 e. The Labute approximate surface area is 337 Å². The van der Waals surface area contributed by atoms with Crippen molar-refractivity contribution in [2.24, 2.45) is 7.05 Å². The van der Waals surface area contributed by atoms with Gasteiger partial charge in [-0.2, -0.15) is 40.8 Å². The van der Waals surface area contributed by atoms with Crippen molar-refractivity contribution in [1.82, 2.24) is 37.8 Å². The van der Waals surface area contributed by atoms with Crippen LogP contribution in [0, 0.1) is 12.7 Å². The molecular weight excluding hydrogens is 862 g/mol. The number of nitrogens with zero attached hydrogens (tertiary/aromatic N) is 7. The highest BCUT2D eigenvalue weighted by Crippen LogP contribution is 2.28. The number of nitrogens with one attached hydrogen (secondary N) is 2. The Hall–Kier alpha value is -5.99. The molecule has 20 nitrogen and oxygen atoms in total. The summed E-state index contributed by atoms with van der Waals surface area (Å²) >= 11 is 5.82. The first-order valence-corrected chi connectivity index (χ1v) is 19.4. The number of halogens is 5. The average molecular weight is 896 g/mol. The van der Waals surface area contributed by atoms with E-state index in [-0.39, 0.29) is 38.5 Å². The van der Waals surface area contributed by atoms with Crippen LogP contribution in [0.15, 0.2) is 56.9 Å². The number of rotatable bonds is 10. The molecule has 27 heteroatoms. The highest BCUT2D eigenvalue weighted by atomic mass is 35.5. The molecule has 0 bridgehead atoms. The Kier molecular flexibility index (Phi) is 14.7. The zero-order valence-corrected chi connectivity index (χ0v) is 34.3. The topological polar surface area (TPSA) is 251 Å². The van der Waals surface area contributed by atoms with E-state index < -0.39 is 94.3 Å². The van der Waals surface area contributed by atoms with Gasteiger partial charge in [0.2, 0.25) is 5.95 Å². The molecule has 320 valence electrons. The maximum Gasteiger partial charge on any atom is 0.431 e. The summed E-state index contributed by atoms with van der Waals surface area (Å²) in [6.07, 6.45) is -5.04. The number of aromatic nitrogens is 5. The number of amides is 3. The van der Waals surface area contributed by atoms with Crippen LogP contribution in [0.25, 0.3) is 5.69 Å². The van der Waals surface area contributed by atoms with Gasteiger partial charge in [-0.15, -0.1) is 0 Å². The molecule has 59 heavy (non-hydrogen) atoms. The second-order valence-electron chi connectivity index (χ2n) is 12.0. The van der Waals surface area contributed by atoms with Crippen molar-refractivity contribution in [1.29, 1.82) is 0 Å². The number of esters is 1. The molecule has 0 spiro atoms. The first-order chi connectivity index (χ1) is 27.2. The van der Waals surface area contributed by atoms with Gasteiger partial charge in [0.05, 0.1) is 36.1 Å². The summed E-state index contributed by atoms with van der Waals surface area (Å²) in [5, 5.41) is -0.567. The molecule has 2 aromatic heterocycles. The van der Waals surface area contributed by atoms with E-state index in [0.29, 0.717) is 12.1 Å². The molecule has 4 rings (SSSR count). The standard InChI is InChI=1S/C17H17ClF4N4O5S.C15H17N5O6S/c1-8(2)25(4)32(30,31)23-15(28)9-5-12(11(19)6-10(9)18)26-14(27)7-13(17(20,21)22)24(3)16(26)29;1-9-16-13(18-14(17-9)26-4)20(2)15(22)19-27(23,24)11-8-6-5-7-10(11)12(21)25-3/h5-8H,1-4H3,(H,23,28);5-8H,1-4H3,(H,19,22). The summed E-state index contributed by atoms with van der Waals surface area (Å²) in [6, 6.07) is 4.92. The molecule has 3 amide bonds. The molecule has 2 heterocycles. The second kappa shape index (κ2) is 18.3. The minimum atomic E-state index is -5.04. The lowest BCUT2D eigenvalue weighted by molar-refractivity contribution is -0.144. The van der Waals surface area contributed by atoms with Gasteiger partial charge in [-0.25, -0.2) is 41.2 Å². The van der Waals surface area contributed by atoms with Gasteiger partial charge in [-0.1, -0.05) is 23.7 Å². The largest absolute Gasteiger partial charge is 0.467 e. The number of urea groups is 1. The van der Waals surface area contributed by atoms with Crippen molar-refractivity contribution in [3.63, 3.8) is 0 Å². The van der Waals surface area contributed by atoms with E-state index in [1.54, 1.807) is 11.6 Å². The van der Waals surface area contributed by atoms with Crippen molar-refractivity contribution >= 4 is 55.7 Å². The van der Waals surface area contributed by atoms with Gasteiger partial charge < -0.3 is 9.47 Å². The van der Waals surface area contributed by atoms with Crippen molar-refractivity contribution in [3.05, 3.63) is 96.8 Å². The summed E-state index contributed by atoms with van der Waals surface area (Å²) in [4.78, 5) is 73.4. The number of sulfonamides is 1. The minimum absolute atomic E-state index is 0.0314. The van der Waals surface area contributed by atoms with Crippen LogP contribution in [0.1, 0.15) is 46.1 Å². The number of anilines is 1. The molecule has 2 aromatic carbocycles. The van der Waals surface area contributed by atoms with Crippen LogP contribution in [0.2, 0.25) is 5.02 Å². The summed E-state index contributed by atoms with van der Waals surface area (Å²) < 4.78 is 117. The van der Waals surface area contributed by atoms with E-state index in [9.17, 15) is 58.4 Å². The molecule has 0 radical (unpaired) electrons. The van der Waals surface area contributed by atoms with Gasteiger partial charge in [0, 0.05) is 33.3 Å². The van der Waals surface area contributed by atoms with Crippen LogP contribution in [0.3, 0.4) is 0 Å². The van der Waals surface area contributed by atoms with Crippen molar-refractivity contribution < 1.29 is 58.3 Å². The molecule has 4 aromatic rings. The molecule has 0 unspecified atom stereocenters. The Morgan fingerprint density at radius 2 is 1.54 bits per heavy atom. The first-order valence-electron chi connectivity index (χ1n) is 16.1. The molecular formula is C32H34ClF4N9O11S2. The molecule has 0 aliphatic rings. The summed E-state index contributed by atoms with van der Waals surface area (Å²) in [7, 11) is -3.07. The minimum Gasteiger partial charge on any atom is -0.467 e. The maximum atomic E-state index is 14.5. The molecule has 0 aliphatic carbocycles. The van der Waals surface area contributed by atoms with Crippen LogP contribution in [0.4, 0.5) is 28.3 Å². The van der Waals surface area contributed by atoms with E-state index in [0.717, 1.165) is 23.4 Å². The van der Waals surface area contributed by atoms with Crippen molar-refractivity contribution in [2.45, 2.75) is 37.9 Å². The fraction of sp³-hybridized carbons (Fsp3) is 0.312. The monoisotopic (exact) mass is 895 g/mol. The molecule has 0 saturated carbocycles. The third-order valence-corrected chi connectivity index (χ3v) is 11.1. The molecule has 0 aliphatic heterocycles. The van der Waals surface area contributed by atoms with Gasteiger partial charge in [-0.05, 0) is 45.0 Å². The lowest BCUT2D eigenvalue weighted by Gasteiger charge is -2.21. The summed E-state index contributed by atoms with van der Waals surface area (Å²) in [6.45, 7) is 4.61. The third-order valence-electron chi connectivity index (χ3n) is 7.77. The third kappa shape index (κ3) is 10.9. The van der Waals surface area contributed by atoms with Gasteiger partial charge in [0.15, 0.2) is 0 Å². The van der Waals surface area contributed by atoms with Crippen LogP contribution >= 0.6 is 11.6 Å². The van der Waals surface area contributed by atoms with Crippen LogP contribution < -0.4 is 30.3 Å². The number of carbonyl (C=O) groups is 3. The van der Waals surface area contributed by atoms with E-state index >= 15 is 0 Å². The number of benzene rings is 2. The molecule has 0 fully saturated rings. The number of carbonyl (C=O) groups excluding carboxylic acids is 3. The van der Waals surface area contributed by atoms with Crippen molar-refractivity contribution in [2.75, 3.05) is 33.2 Å². The number of methoxy groups -OCH3 is 2. The number of ether oxygens (including phenoxy) is 2. The van der Waals surface area contributed by atoms with Gasteiger partial charge in [0.25, 0.3) is 21.5 Å². The van der Waals surface area contributed by atoms with E-state index in [1.165, 1.54) is 59.3 Å². The zero-order chi connectivity index (χ0) is 44.9. The second-order valence-corrected chi connectivity index (χ2v) is 15.8. The van der Waals surface area contributed by atoms with E-state index in [4.69, 9.17) is 16.3 Å². The SMILES string of the molecule is CC(C)N(C)S(=O)(=O)NC(=O)c1cc(-n2c(=O)cc(C(F)(F)F)n(C)c2=O)c(F)cc1Cl.COC(=O)c1ccccc1S(=O)(=O)NC(=O)N(C)c1nc(C)nc(OC)n1. The first kappa shape index (κ1) is 47.4. The predicted octanol–water partition coefficient (Wildman–Crippen LogP) is 2.17. The number of aryl methyl sites for hydroxylation is 1. The van der Waals surface area contributed by atoms with E-state index in [2.05, 4.69) is 19.7 Å². The van der Waals surface area contributed by atoms with Gasteiger partial charge in [0.1, 0.15) is 22.2 Å². The predicted molar refractivity (Wildman–Crippen MR) is 200 cm³/mol. The van der Waals surface area contributed by atoms with Crippen LogP contribution in [-0.2, 0) is 38.2 Å². The maximum absolute atomic E-state index is 14.5. The Morgan fingerprint density at radius 3 is 2.10 bits per heavy atom. The Morgan fingerprint density at radius 1 is 0.932 bits per heavy atom. The number of alkyl halides is 3. The van der Waals surface area contributed by atoms with Crippen molar-refractivity contribution in [3.8, 4) is 11.7 Å². The molecule has 0 atom stereocenters. The van der Waals surface area contributed by atoms with Gasteiger partial charge in [-0.3, -0.25) is 19.1 Å². The van der Waals surface area contributed by atoms with E-state index in [1.807, 2.05) is 4.72 Å². The van der Waals surface area contributed by atoms with Gasteiger partial charge >= 0.3 is 40.1 Å². The zero-order valence-electron chi connectivity index (χ0n) is 31.9. The lowest BCUT2D eigenvalue weighted by atomic mass is 10.1. The fourth-order valence-corrected chi connectivity index (χ4v) is 6.97. The fourth-order valence-electron chi connectivity index (χ4n) is 4.52. The lowest BCUT2D eigenvalue weighted by Crippen LogP contribution is -2.44. The number of hydrogen-bond donors (Lipinski definition) is 2. The van der Waals surface area contributed by atoms with Crippen LogP contribution in [0.5, 0.6) is 6.01 Å². The molecule has 0 saturated heterocycles. The highest BCUT2D eigenvalue weighted by molar-refractivity contribution is 7.90. The highest BCUT2D eigenvalue weighted by Gasteiger charge is 2.36. The quantitative estimate of drug-likeness (QED) is 0.171.